The lowest BCUT2D eigenvalue weighted by molar-refractivity contribution is -0.137. The van der Waals surface area contributed by atoms with E-state index in [4.69, 9.17) is 4.52 Å². The summed E-state index contributed by atoms with van der Waals surface area (Å²) in [7, 11) is 0. The lowest BCUT2D eigenvalue weighted by Gasteiger charge is -2.44. The van der Waals surface area contributed by atoms with E-state index in [1.165, 1.54) is 6.07 Å². The zero-order chi connectivity index (χ0) is 15.3. The first-order valence-electron chi connectivity index (χ1n) is 7.46. The van der Waals surface area contributed by atoms with Crippen LogP contribution in [0.25, 0.3) is 11.0 Å². The molecule has 0 amide bonds. The van der Waals surface area contributed by atoms with E-state index in [1.807, 2.05) is 0 Å². The molecular weight excluding hydrogens is 295 g/mol. The summed E-state index contributed by atoms with van der Waals surface area (Å²) in [5, 5.41) is 7.89. The number of nitrogens with one attached hydrogen (secondary N) is 1. The summed E-state index contributed by atoms with van der Waals surface area (Å²) in [5.41, 5.74) is -0.552. The minimum atomic E-state index is -4.37. The highest BCUT2D eigenvalue weighted by atomic mass is 19.4. The molecule has 0 spiro atoms. The lowest BCUT2D eigenvalue weighted by Crippen LogP contribution is -2.53. The van der Waals surface area contributed by atoms with Crippen LogP contribution in [0.4, 0.5) is 19.0 Å². The number of halogens is 3. The number of piperidine rings is 3. The van der Waals surface area contributed by atoms with Gasteiger partial charge in [0.15, 0.2) is 11.4 Å². The van der Waals surface area contributed by atoms with Crippen LogP contribution in [-0.2, 0) is 6.18 Å². The minimum absolute atomic E-state index is 0.165. The molecule has 118 valence electrons. The van der Waals surface area contributed by atoms with Crippen molar-refractivity contribution in [2.45, 2.75) is 25.1 Å². The summed E-state index contributed by atoms with van der Waals surface area (Å²) in [4.78, 5) is 2.40. The van der Waals surface area contributed by atoms with Crippen molar-refractivity contribution in [1.82, 2.24) is 10.1 Å². The van der Waals surface area contributed by atoms with Crippen LogP contribution in [0, 0.1) is 5.92 Å². The van der Waals surface area contributed by atoms with Gasteiger partial charge in [-0.3, -0.25) is 0 Å². The molecule has 22 heavy (non-hydrogen) atoms. The van der Waals surface area contributed by atoms with Crippen LogP contribution in [-0.4, -0.2) is 35.7 Å². The number of benzene rings is 1. The normalized spacial score (nSPS) is 28.2. The first-order chi connectivity index (χ1) is 10.5. The molecule has 4 nitrogen and oxygen atoms in total. The van der Waals surface area contributed by atoms with Gasteiger partial charge in [0.1, 0.15) is 0 Å². The number of hydrogen-bond donors (Lipinski definition) is 1. The number of anilines is 1. The third-order valence-corrected chi connectivity index (χ3v) is 4.78. The molecule has 1 atom stereocenters. The molecule has 1 N–H and O–H groups in total. The molecule has 0 saturated carbocycles. The van der Waals surface area contributed by atoms with Crippen LogP contribution in [0.3, 0.4) is 0 Å². The van der Waals surface area contributed by atoms with Crippen molar-refractivity contribution in [2.24, 2.45) is 5.92 Å². The van der Waals surface area contributed by atoms with Gasteiger partial charge in [0.2, 0.25) is 0 Å². The van der Waals surface area contributed by atoms with Gasteiger partial charge in [-0.2, -0.15) is 13.2 Å². The standard InChI is InChI=1S/C15H16F3N3O/c16-15(17,18)10-1-2-11-13(7-10)22-20-14(11)19-12-8-21-5-3-9(12)4-6-21/h1-2,7,9,12H,3-6,8H2,(H,19,20). The van der Waals surface area contributed by atoms with Gasteiger partial charge in [-0.1, -0.05) is 5.16 Å². The Morgan fingerprint density at radius 1 is 1.23 bits per heavy atom. The van der Waals surface area contributed by atoms with Gasteiger partial charge in [-0.15, -0.1) is 0 Å². The Hall–Kier alpha value is -1.76. The first kappa shape index (κ1) is 13.9. The van der Waals surface area contributed by atoms with Crippen LogP contribution in [0.2, 0.25) is 0 Å². The van der Waals surface area contributed by atoms with Crippen molar-refractivity contribution < 1.29 is 17.7 Å². The van der Waals surface area contributed by atoms with Gasteiger partial charge in [0, 0.05) is 12.6 Å². The summed E-state index contributed by atoms with van der Waals surface area (Å²) in [6.45, 7) is 3.23. The molecule has 3 aliphatic heterocycles. The maximum atomic E-state index is 12.7. The Kier molecular flexibility index (Phi) is 3.07. The van der Waals surface area contributed by atoms with Crippen LogP contribution < -0.4 is 5.32 Å². The average Bonchev–Trinajstić information content (AvgIpc) is 2.90. The van der Waals surface area contributed by atoms with E-state index >= 15 is 0 Å². The third-order valence-electron chi connectivity index (χ3n) is 4.78. The predicted octanol–water partition coefficient (Wildman–Crippen LogP) is 3.35. The Morgan fingerprint density at radius 2 is 2.00 bits per heavy atom. The minimum Gasteiger partial charge on any atom is -0.362 e. The van der Waals surface area contributed by atoms with Crippen molar-refractivity contribution in [3.05, 3.63) is 23.8 Å². The molecule has 3 saturated heterocycles. The highest BCUT2D eigenvalue weighted by Crippen LogP contribution is 2.35. The number of hydrogen-bond acceptors (Lipinski definition) is 4. The Morgan fingerprint density at radius 3 is 2.64 bits per heavy atom. The second-order valence-corrected chi connectivity index (χ2v) is 6.13. The summed E-state index contributed by atoms with van der Waals surface area (Å²) in [6.07, 6.45) is -2.05. The topological polar surface area (TPSA) is 41.3 Å². The van der Waals surface area contributed by atoms with Gasteiger partial charge in [-0.25, -0.2) is 0 Å². The Balaban J connectivity index is 1.60. The molecule has 7 heteroatoms. The molecule has 1 unspecified atom stereocenters. The van der Waals surface area contributed by atoms with Crippen LogP contribution in [0.15, 0.2) is 22.7 Å². The summed E-state index contributed by atoms with van der Waals surface area (Å²) >= 11 is 0. The molecule has 1 aromatic carbocycles. The monoisotopic (exact) mass is 311 g/mol. The number of alkyl halides is 3. The maximum absolute atomic E-state index is 12.7. The highest BCUT2D eigenvalue weighted by molar-refractivity contribution is 5.88. The van der Waals surface area contributed by atoms with E-state index in [1.54, 1.807) is 0 Å². The predicted molar refractivity (Wildman–Crippen MR) is 75.6 cm³/mol. The zero-order valence-corrected chi connectivity index (χ0v) is 11.9. The van der Waals surface area contributed by atoms with E-state index in [2.05, 4.69) is 15.4 Å². The summed E-state index contributed by atoms with van der Waals surface area (Å²) < 4.78 is 43.2. The lowest BCUT2D eigenvalue weighted by atomic mass is 9.84. The van der Waals surface area contributed by atoms with Crippen LogP contribution in [0.5, 0.6) is 0 Å². The average molecular weight is 311 g/mol. The molecule has 1 aromatic heterocycles. The molecule has 2 bridgehead atoms. The molecule has 5 rings (SSSR count). The molecule has 0 aliphatic carbocycles. The van der Waals surface area contributed by atoms with Crippen LogP contribution >= 0.6 is 0 Å². The fraction of sp³-hybridized carbons (Fsp3) is 0.533. The molecule has 3 fully saturated rings. The van der Waals surface area contributed by atoms with Crippen molar-refractivity contribution in [3.63, 3.8) is 0 Å². The van der Waals surface area contributed by atoms with Crippen LogP contribution in [0.1, 0.15) is 18.4 Å². The largest absolute Gasteiger partial charge is 0.416 e. The van der Waals surface area contributed by atoms with Gasteiger partial charge in [0.25, 0.3) is 0 Å². The smallest absolute Gasteiger partial charge is 0.362 e. The van der Waals surface area contributed by atoms with E-state index in [-0.39, 0.29) is 11.6 Å². The number of aromatic nitrogens is 1. The first-order valence-corrected chi connectivity index (χ1v) is 7.46. The van der Waals surface area contributed by atoms with E-state index in [0.29, 0.717) is 17.1 Å². The highest BCUT2D eigenvalue weighted by Gasteiger charge is 2.35. The SMILES string of the molecule is FC(F)(F)c1ccc2c(NC3CN4CCC3CC4)noc2c1. The molecule has 4 heterocycles. The van der Waals surface area contributed by atoms with E-state index in [0.717, 1.165) is 44.6 Å². The number of nitrogens with zero attached hydrogens (tertiary/aromatic N) is 2. The van der Waals surface area contributed by atoms with E-state index in [9.17, 15) is 13.2 Å². The van der Waals surface area contributed by atoms with Gasteiger partial charge >= 0.3 is 6.18 Å². The van der Waals surface area contributed by atoms with Gasteiger partial charge in [0.05, 0.1) is 10.9 Å². The second kappa shape index (κ2) is 4.87. The fourth-order valence-corrected chi connectivity index (χ4v) is 3.52. The second-order valence-electron chi connectivity index (χ2n) is 6.13. The maximum Gasteiger partial charge on any atom is 0.416 e. The van der Waals surface area contributed by atoms with Crippen molar-refractivity contribution in [1.29, 1.82) is 0 Å². The quantitative estimate of drug-likeness (QED) is 0.923. The number of rotatable bonds is 2. The zero-order valence-electron chi connectivity index (χ0n) is 11.9. The molecule has 3 aliphatic rings. The fourth-order valence-electron chi connectivity index (χ4n) is 3.52. The van der Waals surface area contributed by atoms with Gasteiger partial charge < -0.3 is 14.7 Å². The Labute approximate surface area is 125 Å². The third kappa shape index (κ3) is 2.33. The van der Waals surface area contributed by atoms with Crippen molar-refractivity contribution in [3.8, 4) is 0 Å². The molecule has 2 aromatic rings. The summed E-state index contributed by atoms with van der Waals surface area (Å²) in [6, 6.07) is 3.79. The Bertz CT molecular complexity index is 689. The molecule has 0 radical (unpaired) electrons. The number of fused-ring (bicyclic) bond motifs is 4. The molecular formula is C15H16F3N3O. The van der Waals surface area contributed by atoms with Crippen molar-refractivity contribution in [2.75, 3.05) is 25.0 Å². The van der Waals surface area contributed by atoms with Gasteiger partial charge in [-0.05, 0) is 50.0 Å². The van der Waals surface area contributed by atoms with Crippen molar-refractivity contribution >= 4 is 16.8 Å². The summed E-state index contributed by atoms with van der Waals surface area (Å²) in [5.74, 6) is 1.15. The van der Waals surface area contributed by atoms with E-state index < -0.39 is 11.7 Å².